The molecular weight excluding hydrogens is 174 g/mol. The molecule has 0 amide bonds. The summed E-state index contributed by atoms with van der Waals surface area (Å²) in [4.78, 5) is 10.9. The molecule has 0 aromatic rings. The van der Waals surface area contributed by atoms with Crippen LogP contribution in [0.15, 0.2) is 12.7 Å². The van der Waals surface area contributed by atoms with Crippen LogP contribution in [0.25, 0.3) is 0 Å². The van der Waals surface area contributed by atoms with Gasteiger partial charge in [-0.3, -0.25) is 4.79 Å². The van der Waals surface area contributed by atoms with E-state index in [9.17, 15) is 4.79 Å². The fraction of sp³-hybridized carbons (Fsp3) is 0.750. The van der Waals surface area contributed by atoms with Gasteiger partial charge in [0.15, 0.2) is 5.78 Å². The molecule has 2 heteroatoms. The lowest BCUT2D eigenvalue weighted by atomic mass is 10.1. The zero-order valence-electron chi connectivity index (χ0n) is 9.88. The molecule has 0 radical (unpaired) electrons. The van der Waals surface area contributed by atoms with Gasteiger partial charge in [0.05, 0.1) is 27.7 Å². The van der Waals surface area contributed by atoms with Crippen molar-refractivity contribution in [3.8, 4) is 0 Å². The van der Waals surface area contributed by atoms with Gasteiger partial charge in [-0.15, -0.1) is 0 Å². The molecule has 2 nitrogen and oxygen atoms in total. The van der Waals surface area contributed by atoms with Crippen LogP contribution in [-0.2, 0) is 4.79 Å². The number of ketones is 1. The molecule has 0 spiro atoms. The van der Waals surface area contributed by atoms with Crippen LogP contribution >= 0.6 is 0 Å². The Morgan fingerprint density at radius 3 is 2.21 bits per heavy atom. The Balaban J connectivity index is 3.22. The van der Waals surface area contributed by atoms with Crippen LogP contribution in [0.1, 0.15) is 32.1 Å². The van der Waals surface area contributed by atoms with Crippen molar-refractivity contribution in [1.29, 1.82) is 0 Å². The fourth-order valence-corrected chi connectivity index (χ4v) is 1.34. The number of quaternary nitrogens is 1. The van der Waals surface area contributed by atoms with E-state index in [0.29, 0.717) is 6.42 Å². The quantitative estimate of drug-likeness (QED) is 0.332. The van der Waals surface area contributed by atoms with E-state index in [0.717, 1.165) is 10.9 Å². The van der Waals surface area contributed by atoms with Gasteiger partial charge < -0.3 is 4.48 Å². The summed E-state index contributed by atoms with van der Waals surface area (Å²) in [7, 11) is 6.63. The molecule has 0 saturated carbocycles. The first-order chi connectivity index (χ1) is 6.45. The first-order valence-corrected chi connectivity index (χ1v) is 5.41. The van der Waals surface area contributed by atoms with E-state index in [-0.39, 0.29) is 5.78 Å². The molecular formula is C12H24NO+. The van der Waals surface area contributed by atoms with Gasteiger partial charge in [0.1, 0.15) is 0 Å². The van der Waals surface area contributed by atoms with Crippen molar-refractivity contribution in [2.24, 2.45) is 0 Å². The summed E-state index contributed by atoms with van der Waals surface area (Å²) in [6.07, 6.45) is 6.77. The smallest absolute Gasteiger partial charge is 0.155 e. The number of hydrogen-bond donors (Lipinski definition) is 0. The highest BCUT2D eigenvalue weighted by Gasteiger charge is 2.05. The minimum Gasteiger partial charge on any atom is -0.331 e. The maximum absolute atomic E-state index is 10.9. The minimum absolute atomic E-state index is 0.177. The van der Waals surface area contributed by atoms with Crippen LogP contribution in [0.4, 0.5) is 0 Å². The third kappa shape index (κ3) is 9.46. The Morgan fingerprint density at radius 2 is 1.71 bits per heavy atom. The molecule has 0 atom stereocenters. The highest BCUT2D eigenvalue weighted by Crippen LogP contribution is 2.05. The van der Waals surface area contributed by atoms with E-state index < -0.39 is 0 Å². The standard InChI is InChI=1S/C12H24NO/c1-5-12(14)10-8-6-7-9-11-13(2,3)4/h5H,1,6-11H2,2-4H3/q+1. The molecule has 0 unspecified atom stereocenters. The third-order valence-electron chi connectivity index (χ3n) is 2.23. The van der Waals surface area contributed by atoms with E-state index in [2.05, 4.69) is 27.7 Å². The van der Waals surface area contributed by atoms with Gasteiger partial charge in [0.2, 0.25) is 0 Å². The fourth-order valence-electron chi connectivity index (χ4n) is 1.34. The topological polar surface area (TPSA) is 17.1 Å². The normalized spacial score (nSPS) is 11.4. The van der Waals surface area contributed by atoms with Gasteiger partial charge in [0, 0.05) is 6.42 Å². The SMILES string of the molecule is C=CC(=O)CCCCCC[N+](C)(C)C. The third-order valence-corrected chi connectivity index (χ3v) is 2.23. The molecule has 0 fully saturated rings. The van der Waals surface area contributed by atoms with Gasteiger partial charge in [0.25, 0.3) is 0 Å². The summed E-state index contributed by atoms with van der Waals surface area (Å²) in [5, 5.41) is 0. The lowest BCUT2D eigenvalue weighted by Crippen LogP contribution is -2.35. The predicted molar refractivity (Wildman–Crippen MR) is 61.2 cm³/mol. The van der Waals surface area contributed by atoms with E-state index in [1.807, 2.05) is 0 Å². The van der Waals surface area contributed by atoms with Gasteiger partial charge in [-0.2, -0.15) is 0 Å². The summed E-state index contributed by atoms with van der Waals surface area (Å²) in [6.45, 7) is 4.67. The average molecular weight is 198 g/mol. The van der Waals surface area contributed by atoms with Crippen LogP contribution in [-0.4, -0.2) is 38.0 Å². The number of rotatable bonds is 8. The van der Waals surface area contributed by atoms with Crippen molar-refractivity contribution in [3.63, 3.8) is 0 Å². The number of carbonyl (C=O) groups excluding carboxylic acids is 1. The molecule has 14 heavy (non-hydrogen) atoms. The van der Waals surface area contributed by atoms with E-state index in [1.54, 1.807) is 0 Å². The van der Waals surface area contributed by atoms with Crippen molar-refractivity contribution in [2.45, 2.75) is 32.1 Å². The Kier molecular flexibility index (Phi) is 6.46. The van der Waals surface area contributed by atoms with Crippen LogP contribution in [0.5, 0.6) is 0 Å². The number of unbranched alkanes of at least 4 members (excludes halogenated alkanes) is 3. The second-order valence-corrected chi connectivity index (χ2v) is 4.85. The monoisotopic (exact) mass is 198 g/mol. The van der Waals surface area contributed by atoms with Crippen molar-refractivity contribution >= 4 is 5.78 Å². The van der Waals surface area contributed by atoms with Crippen LogP contribution in [0, 0.1) is 0 Å². The van der Waals surface area contributed by atoms with Gasteiger partial charge in [-0.05, 0) is 25.3 Å². The Hall–Kier alpha value is -0.630. The van der Waals surface area contributed by atoms with Gasteiger partial charge in [-0.1, -0.05) is 13.0 Å². The lowest BCUT2D eigenvalue weighted by molar-refractivity contribution is -0.870. The summed E-state index contributed by atoms with van der Waals surface area (Å²) in [6, 6.07) is 0. The first-order valence-electron chi connectivity index (χ1n) is 5.41. The van der Waals surface area contributed by atoms with Gasteiger partial charge in [-0.25, -0.2) is 0 Å². The molecule has 82 valence electrons. The van der Waals surface area contributed by atoms with Crippen molar-refractivity contribution in [3.05, 3.63) is 12.7 Å². The highest BCUT2D eigenvalue weighted by atomic mass is 16.1. The molecule has 0 bridgehead atoms. The molecule has 0 aliphatic rings. The molecule has 0 rings (SSSR count). The number of hydrogen-bond acceptors (Lipinski definition) is 1. The molecule has 0 aliphatic carbocycles. The maximum Gasteiger partial charge on any atom is 0.155 e. The van der Waals surface area contributed by atoms with Crippen LogP contribution in [0.2, 0.25) is 0 Å². The van der Waals surface area contributed by atoms with Gasteiger partial charge >= 0.3 is 0 Å². The van der Waals surface area contributed by atoms with E-state index in [1.165, 1.54) is 31.9 Å². The van der Waals surface area contributed by atoms with E-state index >= 15 is 0 Å². The summed E-state index contributed by atoms with van der Waals surface area (Å²) >= 11 is 0. The Labute approximate surface area is 88.2 Å². The molecule has 0 aliphatic heterocycles. The molecule has 0 saturated heterocycles. The van der Waals surface area contributed by atoms with Crippen molar-refractivity contribution in [1.82, 2.24) is 0 Å². The molecule has 0 aromatic carbocycles. The summed E-state index contributed by atoms with van der Waals surface area (Å²) in [5.41, 5.74) is 0. The van der Waals surface area contributed by atoms with E-state index in [4.69, 9.17) is 0 Å². The van der Waals surface area contributed by atoms with Crippen molar-refractivity contribution < 1.29 is 9.28 Å². The molecule has 0 heterocycles. The largest absolute Gasteiger partial charge is 0.331 e. The molecule has 0 aromatic heterocycles. The summed E-state index contributed by atoms with van der Waals surface area (Å²) < 4.78 is 1.03. The number of nitrogens with zero attached hydrogens (tertiary/aromatic N) is 1. The maximum atomic E-state index is 10.9. The zero-order valence-corrected chi connectivity index (χ0v) is 9.88. The minimum atomic E-state index is 0.177. The molecule has 0 N–H and O–H groups in total. The van der Waals surface area contributed by atoms with Crippen LogP contribution < -0.4 is 0 Å². The average Bonchev–Trinajstić information content (AvgIpc) is 2.08. The van der Waals surface area contributed by atoms with Crippen LogP contribution in [0.3, 0.4) is 0 Å². The Bertz CT molecular complexity index is 179. The number of allylic oxidation sites excluding steroid dienone is 1. The van der Waals surface area contributed by atoms with Crippen molar-refractivity contribution in [2.75, 3.05) is 27.7 Å². The second kappa shape index (κ2) is 6.77. The Morgan fingerprint density at radius 1 is 1.14 bits per heavy atom. The predicted octanol–water partition coefficient (Wildman–Crippen LogP) is 2.40. The first kappa shape index (κ1) is 13.4. The second-order valence-electron chi connectivity index (χ2n) is 4.85. The highest BCUT2D eigenvalue weighted by molar-refractivity contribution is 5.88. The number of carbonyl (C=O) groups is 1. The summed E-state index contributed by atoms with van der Waals surface area (Å²) in [5.74, 6) is 0.177. The lowest BCUT2D eigenvalue weighted by Gasteiger charge is -2.23. The zero-order chi connectivity index (χ0) is 11.0.